The van der Waals surface area contributed by atoms with Gasteiger partial charge in [0.05, 0.1) is 0 Å². The van der Waals surface area contributed by atoms with Crippen LogP contribution in [-0.4, -0.2) is 16.3 Å². The molecule has 0 spiro atoms. The molecule has 30 heavy (non-hydrogen) atoms. The summed E-state index contributed by atoms with van der Waals surface area (Å²) >= 11 is 0. The second-order valence-corrected chi connectivity index (χ2v) is 7.03. The quantitative estimate of drug-likeness (QED) is 0.237. The minimum absolute atomic E-state index is 0. The van der Waals surface area contributed by atoms with E-state index in [2.05, 4.69) is 28.1 Å². The maximum atomic E-state index is 12.6. The Labute approximate surface area is 192 Å². The molecular formula is C24H22IN3O2. The Hall–Kier alpha value is -3.00. The fourth-order valence-corrected chi connectivity index (χ4v) is 3.42. The van der Waals surface area contributed by atoms with Crippen molar-refractivity contribution in [3.63, 3.8) is 0 Å². The molecular weight excluding hydrogens is 489 g/mol. The van der Waals surface area contributed by atoms with Crippen LogP contribution < -0.4 is 33.9 Å². The Morgan fingerprint density at radius 2 is 1.57 bits per heavy atom. The van der Waals surface area contributed by atoms with Gasteiger partial charge < -0.3 is 29.3 Å². The summed E-state index contributed by atoms with van der Waals surface area (Å²) in [6, 6.07) is 25.2. The summed E-state index contributed by atoms with van der Waals surface area (Å²) in [6.45, 7) is 2.47. The summed E-state index contributed by atoms with van der Waals surface area (Å²) in [6.07, 6.45) is 1.98. The van der Waals surface area contributed by atoms with E-state index in [1.165, 1.54) is 12.5 Å². The highest BCUT2D eigenvalue weighted by Gasteiger charge is 2.18. The van der Waals surface area contributed by atoms with E-state index >= 15 is 0 Å². The predicted octanol–water partition coefficient (Wildman–Crippen LogP) is 0.822. The zero-order valence-electron chi connectivity index (χ0n) is 16.6. The van der Waals surface area contributed by atoms with Gasteiger partial charge in [0.15, 0.2) is 23.4 Å². The molecule has 0 unspecified atom stereocenters. The van der Waals surface area contributed by atoms with Gasteiger partial charge in [-0.25, -0.2) is 9.13 Å². The molecule has 6 heteroatoms. The maximum absolute atomic E-state index is 12.6. The van der Waals surface area contributed by atoms with Crippen molar-refractivity contribution in [1.82, 2.24) is 4.57 Å². The molecule has 0 radical (unpaired) electrons. The second-order valence-electron chi connectivity index (χ2n) is 7.03. The molecule has 1 N–H and O–H groups in total. The lowest BCUT2D eigenvalue weighted by molar-refractivity contribution is -0.663. The molecule has 1 aromatic heterocycles. The van der Waals surface area contributed by atoms with Gasteiger partial charge in [0.2, 0.25) is 6.33 Å². The number of aromatic nitrogens is 2. The van der Waals surface area contributed by atoms with Crippen molar-refractivity contribution < 1.29 is 38.1 Å². The standard InChI is InChI=1S/C24H21N3O2.HI/c1-18(28)20-11-13-21(14-12-20)25-24(29)16-27-17-26(15-19-7-3-2-4-8-19)22-9-5-6-10-23(22)27;/h2-14,17H,15-16H2,1H3;1H. The third kappa shape index (κ3) is 4.94. The zero-order valence-corrected chi connectivity index (χ0v) is 18.7. The van der Waals surface area contributed by atoms with Gasteiger partial charge in [0.25, 0.3) is 5.91 Å². The van der Waals surface area contributed by atoms with Gasteiger partial charge in [-0.1, -0.05) is 42.5 Å². The van der Waals surface area contributed by atoms with Crippen LogP contribution >= 0.6 is 0 Å². The lowest BCUT2D eigenvalue weighted by Crippen LogP contribution is -3.00. The number of carbonyl (C=O) groups is 2. The number of ketones is 1. The fourth-order valence-electron chi connectivity index (χ4n) is 3.42. The number of imidazole rings is 1. The number of Topliss-reactive ketones (excluding diaryl/α,β-unsaturated/α-hetero) is 1. The summed E-state index contributed by atoms with van der Waals surface area (Å²) in [7, 11) is 0. The van der Waals surface area contributed by atoms with E-state index in [1.54, 1.807) is 24.3 Å². The van der Waals surface area contributed by atoms with Gasteiger partial charge in [-0.3, -0.25) is 9.59 Å². The third-order valence-corrected chi connectivity index (χ3v) is 4.86. The number of para-hydroxylation sites is 2. The number of amides is 1. The maximum Gasteiger partial charge on any atom is 0.266 e. The minimum Gasteiger partial charge on any atom is -1.00 e. The smallest absolute Gasteiger partial charge is 0.266 e. The highest BCUT2D eigenvalue weighted by Crippen LogP contribution is 2.14. The summed E-state index contributed by atoms with van der Waals surface area (Å²) in [5, 5.41) is 2.90. The highest BCUT2D eigenvalue weighted by molar-refractivity contribution is 5.95. The molecule has 0 bridgehead atoms. The van der Waals surface area contributed by atoms with Crippen LogP contribution in [-0.2, 0) is 17.9 Å². The number of carbonyl (C=O) groups excluding carboxylic acids is 2. The van der Waals surface area contributed by atoms with E-state index in [4.69, 9.17) is 0 Å². The monoisotopic (exact) mass is 511 g/mol. The second kappa shape index (κ2) is 9.67. The number of fused-ring (bicyclic) bond motifs is 1. The van der Waals surface area contributed by atoms with Crippen molar-refractivity contribution >= 4 is 28.4 Å². The van der Waals surface area contributed by atoms with Crippen molar-refractivity contribution in [3.05, 3.63) is 96.3 Å². The summed E-state index contributed by atoms with van der Waals surface area (Å²) < 4.78 is 4.11. The van der Waals surface area contributed by atoms with Gasteiger partial charge in [0, 0.05) is 11.3 Å². The number of nitrogens with zero attached hydrogens (tertiary/aromatic N) is 2. The van der Waals surface area contributed by atoms with Gasteiger partial charge in [0.1, 0.15) is 6.54 Å². The fraction of sp³-hybridized carbons (Fsp3) is 0.125. The molecule has 4 aromatic rings. The number of hydrogen-bond acceptors (Lipinski definition) is 2. The lowest BCUT2D eigenvalue weighted by Gasteiger charge is -2.04. The highest BCUT2D eigenvalue weighted by atomic mass is 127. The summed E-state index contributed by atoms with van der Waals surface area (Å²) in [4.78, 5) is 24.0. The van der Waals surface area contributed by atoms with Crippen LogP contribution in [0.15, 0.2) is 85.2 Å². The van der Waals surface area contributed by atoms with E-state index < -0.39 is 0 Å². The molecule has 1 heterocycles. The van der Waals surface area contributed by atoms with Crippen LogP contribution in [0.25, 0.3) is 11.0 Å². The van der Waals surface area contributed by atoms with E-state index in [0.29, 0.717) is 11.3 Å². The zero-order chi connectivity index (χ0) is 20.2. The van der Waals surface area contributed by atoms with Crippen LogP contribution in [0.2, 0.25) is 0 Å². The Bertz CT molecular complexity index is 1170. The van der Waals surface area contributed by atoms with Crippen molar-refractivity contribution in [2.24, 2.45) is 0 Å². The van der Waals surface area contributed by atoms with Crippen LogP contribution in [0.5, 0.6) is 0 Å². The number of rotatable bonds is 6. The Kier molecular flexibility index (Phi) is 6.99. The molecule has 0 aliphatic heterocycles. The van der Waals surface area contributed by atoms with Crippen LogP contribution in [0.1, 0.15) is 22.8 Å². The lowest BCUT2D eigenvalue weighted by atomic mass is 10.1. The first-order chi connectivity index (χ1) is 14.1. The van der Waals surface area contributed by atoms with Crippen molar-refractivity contribution in [3.8, 4) is 0 Å². The van der Waals surface area contributed by atoms with Gasteiger partial charge in [-0.2, -0.15) is 0 Å². The number of halogens is 1. The van der Waals surface area contributed by atoms with Crippen molar-refractivity contribution in [2.75, 3.05) is 5.32 Å². The molecule has 0 aliphatic rings. The third-order valence-electron chi connectivity index (χ3n) is 4.86. The van der Waals surface area contributed by atoms with Gasteiger partial charge in [-0.05, 0) is 48.9 Å². The molecule has 5 nitrogen and oxygen atoms in total. The number of anilines is 1. The number of benzene rings is 3. The van der Waals surface area contributed by atoms with Crippen LogP contribution in [0, 0.1) is 0 Å². The Balaban J connectivity index is 0.00000256. The SMILES string of the molecule is CC(=O)c1ccc(NC(=O)Cn2c[n+](Cc3ccccc3)c3ccccc32)cc1.[I-]. The molecule has 4 rings (SSSR count). The molecule has 0 atom stereocenters. The number of hydrogen-bond donors (Lipinski definition) is 1. The number of nitrogens with one attached hydrogen (secondary N) is 1. The van der Waals surface area contributed by atoms with Crippen LogP contribution in [0.4, 0.5) is 5.69 Å². The summed E-state index contributed by atoms with van der Waals surface area (Å²) in [5.41, 5.74) is 4.59. The molecule has 0 saturated carbocycles. The Morgan fingerprint density at radius 1 is 0.900 bits per heavy atom. The van der Waals surface area contributed by atoms with Gasteiger partial charge >= 0.3 is 0 Å². The molecule has 1 amide bonds. The first kappa shape index (κ1) is 21.7. The van der Waals surface area contributed by atoms with Crippen LogP contribution in [0.3, 0.4) is 0 Å². The van der Waals surface area contributed by atoms with Crippen molar-refractivity contribution in [1.29, 1.82) is 0 Å². The van der Waals surface area contributed by atoms with E-state index in [1.807, 2.05) is 47.3 Å². The first-order valence-corrected chi connectivity index (χ1v) is 9.52. The molecule has 152 valence electrons. The van der Waals surface area contributed by atoms with Crippen molar-refractivity contribution in [2.45, 2.75) is 20.0 Å². The topological polar surface area (TPSA) is 55.0 Å². The normalized spacial score (nSPS) is 10.4. The molecule has 0 fully saturated rings. The summed E-state index contributed by atoms with van der Waals surface area (Å²) in [5.74, 6) is -0.113. The minimum atomic E-state index is -0.117. The van der Waals surface area contributed by atoms with E-state index in [0.717, 1.165) is 17.6 Å². The van der Waals surface area contributed by atoms with E-state index in [9.17, 15) is 9.59 Å². The average molecular weight is 511 g/mol. The first-order valence-electron chi connectivity index (χ1n) is 9.52. The van der Waals surface area contributed by atoms with Gasteiger partial charge in [-0.15, -0.1) is 0 Å². The predicted molar refractivity (Wildman–Crippen MR) is 113 cm³/mol. The largest absolute Gasteiger partial charge is 1.00 e. The molecule has 0 aliphatic carbocycles. The molecule has 3 aromatic carbocycles. The molecule has 0 saturated heterocycles. The average Bonchev–Trinajstić information content (AvgIpc) is 3.06. The van der Waals surface area contributed by atoms with E-state index in [-0.39, 0.29) is 42.2 Å². The Morgan fingerprint density at radius 3 is 2.27 bits per heavy atom.